The van der Waals surface area contributed by atoms with Crippen molar-refractivity contribution in [2.75, 3.05) is 6.54 Å². The van der Waals surface area contributed by atoms with Crippen LogP contribution in [0.4, 0.5) is 0 Å². The van der Waals surface area contributed by atoms with E-state index >= 15 is 0 Å². The lowest BCUT2D eigenvalue weighted by Gasteiger charge is -2.22. The number of carbonyl (C=O) groups excluding carboxylic acids is 1. The van der Waals surface area contributed by atoms with Gasteiger partial charge in [-0.05, 0) is 31.7 Å². The second-order valence-electron chi connectivity index (χ2n) is 5.04. The summed E-state index contributed by atoms with van der Waals surface area (Å²) in [7, 11) is 0. The van der Waals surface area contributed by atoms with Crippen molar-refractivity contribution in [1.82, 2.24) is 15.3 Å². The van der Waals surface area contributed by atoms with Crippen molar-refractivity contribution in [3.8, 4) is 0 Å². The van der Waals surface area contributed by atoms with Gasteiger partial charge in [0.05, 0.1) is 5.25 Å². The molecule has 1 fully saturated rings. The molecule has 0 saturated heterocycles. The molecule has 1 aromatic rings. The van der Waals surface area contributed by atoms with Gasteiger partial charge < -0.3 is 5.32 Å². The summed E-state index contributed by atoms with van der Waals surface area (Å²) in [6.07, 6.45) is 9.87. The highest BCUT2D eigenvalue weighted by Gasteiger charge is 2.18. The summed E-state index contributed by atoms with van der Waals surface area (Å²) in [4.78, 5) is 20.2. The van der Waals surface area contributed by atoms with Gasteiger partial charge in [-0.25, -0.2) is 9.97 Å². The first kappa shape index (κ1) is 14.3. The van der Waals surface area contributed by atoms with Gasteiger partial charge in [-0.1, -0.05) is 31.0 Å². The molecule has 0 spiro atoms. The van der Waals surface area contributed by atoms with E-state index in [0.29, 0.717) is 11.1 Å². The largest absolute Gasteiger partial charge is 0.355 e. The van der Waals surface area contributed by atoms with Crippen LogP contribution in [0.5, 0.6) is 0 Å². The molecular formula is C14H21N3OS. The number of carbonyl (C=O) groups is 1. The first-order chi connectivity index (χ1) is 9.25. The van der Waals surface area contributed by atoms with Gasteiger partial charge in [0.15, 0.2) is 5.16 Å². The number of nitrogens with one attached hydrogen (secondary N) is 1. The summed E-state index contributed by atoms with van der Waals surface area (Å²) in [5.74, 6) is 0.755. The van der Waals surface area contributed by atoms with Crippen molar-refractivity contribution in [2.45, 2.75) is 49.4 Å². The molecule has 4 nitrogen and oxygen atoms in total. The Kier molecular flexibility index (Phi) is 5.63. The van der Waals surface area contributed by atoms with Crippen LogP contribution in [0.1, 0.15) is 39.0 Å². The normalized spacial score (nSPS) is 17.9. The third-order valence-corrected chi connectivity index (χ3v) is 4.47. The lowest BCUT2D eigenvalue weighted by Crippen LogP contribution is -2.35. The molecule has 0 aliphatic heterocycles. The lowest BCUT2D eigenvalue weighted by molar-refractivity contribution is -0.120. The smallest absolute Gasteiger partial charge is 0.233 e. The van der Waals surface area contributed by atoms with Gasteiger partial charge in [0.1, 0.15) is 0 Å². The van der Waals surface area contributed by atoms with Crippen molar-refractivity contribution in [1.29, 1.82) is 0 Å². The molecule has 1 amide bonds. The fourth-order valence-corrected chi connectivity index (χ4v) is 3.09. The molecule has 1 aliphatic rings. The first-order valence-corrected chi connectivity index (χ1v) is 7.85. The molecule has 1 aromatic heterocycles. The van der Waals surface area contributed by atoms with E-state index in [4.69, 9.17) is 0 Å². The fourth-order valence-electron chi connectivity index (χ4n) is 2.34. The topological polar surface area (TPSA) is 54.9 Å². The molecule has 0 bridgehead atoms. The van der Waals surface area contributed by atoms with Crippen LogP contribution in [0.3, 0.4) is 0 Å². The van der Waals surface area contributed by atoms with Gasteiger partial charge in [-0.2, -0.15) is 0 Å². The Hall–Kier alpha value is -1.10. The van der Waals surface area contributed by atoms with Crippen LogP contribution in [0.2, 0.25) is 0 Å². The van der Waals surface area contributed by atoms with Crippen molar-refractivity contribution in [3.05, 3.63) is 18.5 Å². The monoisotopic (exact) mass is 279 g/mol. The van der Waals surface area contributed by atoms with Crippen LogP contribution in [0, 0.1) is 5.92 Å². The number of amides is 1. The van der Waals surface area contributed by atoms with Crippen LogP contribution >= 0.6 is 11.8 Å². The van der Waals surface area contributed by atoms with Crippen LogP contribution in [0.15, 0.2) is 23.6 Å². The van der Waals surface area contributed by atoms with Crippen molar-refractivity contribution in [2.24, 2.45) is 5.92 Å². The second kappa shape index (κ2) is 7.48. The molecule has 1 N–H and O–H groups in total. The number of hydrogen-bond acceptors (Lipinski definition) is 4. The SMILES string of the molecule is C[C@@H](Sc1ncccn1)C(=O)NCC1CCCCC1. The molecule has 1 heterocycles. The maximum Gasteiger partial charge on any atom is 0.233 e. The first-order valence-electron chi connectivity index (χ1n) is 6.97. The Labute approximate surface area is 118 Å². The number of nitrogens with zero attached hydrogens (tertiary/aromatic N) is 2. The number of hydrogen-bond donors (Lipinski definition) is 1. The van der Waals surface area contributed by atoms with Gasteiger partial charge in [0, 0.05) is 18.9 Å². The van der Waals surface area contributed by atoms with E-state index in [0.717, 1.165) is 6.54 Å². The molecule has 5 heteroatoms. The van der Waals surface area contributed by atoms with E-state index in [1.165, 1.54) is 43.9 Å². The summed E-state index contributed by atoms with van der Waals surface area (Å²) in [5.41, 5.74) is 0. The zero-order valence-electron chi connectivity index (χ0n) is 11.3. The minimum atomic E-state index is -0.147. The highest BCUT2D eigenvalue weighted by molar-refractivity contribution is 8.00. The lowest BCUT2D eigenvalue weighted by atomic mass is 9.89. The second-order valence-corrected chi connectivity index (χ2v) is 6.35. The Morgan fingerprint density at radius 2 is 2.05 bits per heavy atom. The summed E-state index contributed by atoms with van der Waals surface area (Å²) in [6.45, 7) is 2.72. The van der Waals surface area contributed by atoms with E-state index < -0.39 is 0 Å². The molecule has 1 atom stereocenters. The average Bonchev–Trinajstić information content (AvgIpc) is 2.47. The standard InChI is InChI=1S/C14H21N3OS/c1-11(19-14-15-8-5-9-16-14)13(18)17-10-12-6-3-2-4-7-12/h5,8-9,11-12H,2-4,6-7,10H2,1H3,(H,17,18)/t11-/m1/s1. The summed E-state index contributed by atoms with van der Waals surface area (Å²) < 4.78 is 0. The maximum absolute atomic E-state index is 12.0. The minimum Gasteiger partial charge on any atom is -0.355 e. The van der Waals surface area contributed by atoms with E-state index in [2.05, 4.69) is 15.3 Å². The Bertz CT molecular complexity index is 393. The zero-order valence-corrected chi connectivity index (χ0v) is 12.2. The molecule has 0 radical (unpaired) electrons. The fraction of sp³-hybridized carbons (Fsp3) is 0.643. The Morgan fingerprint density at radius 3 is 2.74 bits per heavy atom. The minimum absolute atomic E-state index is 0.0861. The van der Waals surface area contributed by atoms with E-state index in [9.17, 15) is 4.79 Å². The Balaban J connectivity index is 1.73. The predicted octanol–water partition coefficient (Wildman–Crippen LogP) is 2.65. The molecule has 1 aliphatic carbocycles. The van der Waals surface area contributed by atoms with Gasteiger partial charge in [-0.3, -0.25) is 4.79 Å². The van der Waals surface area contributed by atoms with Crippen molar-refractivity contribution >= 4 is 17.7 Å². The maximum atomic E-state index is 12.0. The van der Waals surface area contributed by atoms with Gasteiger partial charge in [-0.15, -0.1) is 0 Å². The molecule has 0 unspecified atom stereocenters. The van der Waals surface area contributed by atoms with Gasteiger partial charge in [0.2, 0.25) is 5.91 Å². The Morgan fingerprint density at radius 1 is 1.37 bits per heavy atom. The van der Waals surface area contributed by atoms with Crippen molar-refractivity contribution in [3.63, 3.8) is 0 Å². The van der Waals surface area contributed by atoms with E-state index in [1.807, 2.05) is 6.92 Å². The summed E-state index contributed by atoms with van der Waals surface area (Å²) >= 11 is 1.40. The predicted molar refractivity (Wildman–Crippen MR) is 76.9 cm³/mol. The van der Waals surface area contributed by atoms with Crippen LogP contribution in [-0.4, -0.2) is 27.7 Å². The van der Waals surface area contributed by atoms with Crippen LogP contribution < -0.4 is 5.32 Å². The number of aromatic nitrogens is 2. The quantitative estimate of drug-likeness (QED) is 0.665. The number of rotatable bonds is 5. The highest BCUT2D eigenvalue weighted by atomic mass is 32.2. The van der Waals surface area contributed by atoms with Crippen molar-refractivity contribution < 1.29 is 4.79 Å². The molecule has 1 saturated carbocycles. The molecular weight excluding hydrogens is 258 g/mol. The molecule has 19 heavy (non-hydrogen) atoms. The third-order valence-electron chi connectivity index (χ3n) is 3.48. The zero-order chi connectivity index (χ0) is 13.5. The van der Waals surface area contributed by atoms with E-state index in [1.54, 1.807) is 18.5 Å². The van der Waals surface area contributed by atoms with Gasteiger partial charge in [0.25, 0.3) is 0 Å². The highest BCUT2D eigenvalue weighted by Crippen LogP contribution is 2.23. The molecule has 104 valence electrons. The third kappa shape index (κ3) is 4.82. The summed E-state index contributed by atoms with van der Waals surface area (Å²) in [5, 5.41) is 3.57. The molecule has 2 rings (SSSR count). The van der Waals surface area contributed by atoms with Gasteiger partial charge >= 0.3 is 0 Å². The number of thioether (sulfide) groups is 1. The van der Waals surface area contributed by atoms with Crippen LogP contribution in [0.25, 0.3) is 0 Å². The van der Waals surface area contributed by atoms with Crippen LogP contribution in [-0.2, 0) is 4.79 Å². The summed E-state index contributed by atoms with van der Waals surface area (Å²) in [6, 6.07) is 1.78. The van der Waals surface area contributed by atoms with E-state index in [-0.39, 0.29) is 11.2 Å². The molecule has 0 aromatic carbocycles. The average molecular weight is 279 g/mol.